The number of nitrogens with zero attached hydrogens (tertiary/aromatic N) is 3. The van der Waals surface area contributed by atoms with E-state index < -0.39 is 0 Å². The Labute approximate surface area is 108 Å². The molecule has 18 heavy (non-hydrogen) atoms. The standard InChI is InChI=1S/C12H23N5O/c1-4-5-14-12(18)9-16(2)11(6-13)10-7-15-17(3)8-10/h7-8,11H,4-6,9,13H2,1-3H3,(H,14,18). The summed E-state index contributed by atoms with van der Waals surface area (Å²) in [4.78, 5) is 13.6. The van der Waals surface area contributed by atoms with Gasteiger partial charge in [-0.15, -0.1) is 0 Å². The lowest BCUT2D eigenvalue weighted by Crippen LogP contribution is -2.39. The van der Waals surface area contributed by atoms with Gasteiger partial charge in [-0.25, -0.2) is 0 Å². The van der Waals surface area contributed by atoms with Crippen molar-refractivity contribution in [3.05, 3.63) is 18.0 Å². The van der Waals surface area contributed by atoms with Crippen LogP contribution in [-0.4, -0.2) is 47.3 Å². The van der Waals surface area contributed by atoms with Crippen LogP contribution in [0, 0.1) is 0 Å². The van der Waals surface area contributed by atoms with Crippen molar-refractivity contribution in [2.24, 2.45) is 12.8 Å². The van der Waals surface area contributed by atoms with Crippen molar-refractivity contribution in [1.82, 2.24) is 20.0 Å². The van der Waals surface area contributed by atoms with E-state index in [1.165, 1.54) is 0 Å². The van der Waals surface area contributed by atoms with E-state index in [0.29, 0.717) is 19.6 Å². The minimum Gasteiger partial charge on any atom is -0.355 e. The van der Waals surface area contributed by atoms with E-state index in [0.717, 1.165) is 12.0 Å². The molecular weight excluding hydrogens is 230 g/mol. The number of likely N-dealkylation sites (N-methyl/N-ethyl adjacent to an activating group) is 1. The van der Waals surface area contributed by atoms with Gasteiger partial charge >= 0.3 is 0 Å². The Morgan fingerprint density at radius 2 is 2.39 bits per heavy atom. The summed E-state index contributed by atoms with van der Waals surface area (Å²) in [5.41, 5.74) is 6.81. The van der Waals surface area contributed by atoms with Gasteiger partial charge in [-0.05, 0) is 13.5 Å². The van der Waals surface area contributed by atoms with Crippen molar-refractivity contribution < 1.29 is 4.79 Å². The quantitative estimate of drug-likeness (QED) is 0.710. The first-order chi connectivity index (χ1) is 8.58. The van der Waals surface area contributed by atoms with Gasteiger partial charge in [0.2, 0.25) is 5.91 Å². The number of aryl methyl sites for hydroxylation is 1. The monoisotopic (exact) mass is 253 g/mol. The van der Waals surface area contributed by atoms with E-state index in [9.17, 15) is 4.79 Å². The lowest BCUT2D eigenvalue weighted by molar-refractivity contribution is -0.122. The number of carbonyl (C=O) groups is 1. The topological polar surface area (TPSA) is 76.2 Å². The summed E-state index contributed by atoms with van der Waals surface area (Å²) < 4.78 is 1.74. The highest BCUT2D eigenvalue weighted by Crippen LogP contribution is 2.16. The number of carbonyl (C=O) groups excluding carboxylic acids is 1. The number of nitrogens with two attached hydrogens (primary N) is 1. The lowest BCUT2D eigenvalue weighted by atomic mass is 10.1. The molecule has 0 aliphatic rings. The maximum absolute atomic E-state index is 11.7. The number of nitrogens with one attached hydrogen (secondary N) is 1. The van der Waals surface area contributed by atoms with Gasteiger partial charge < -0.3 is 11.1 Å². The zero-order valence-corrected chi connectivity index (χ0v) is 11.4. The molecule has 1 rings (SSSR count). The Bertz CT molecular complexity index is 376. The van der Waals surface area contributed by atoms with E-state index in [-0.39, 0.29) is 11.9 Å². The van der Waals surface area contributed by atoms with Gasteiger partial charge in [0.05, 0.1) is 18.8 Å². The van der Waals surface area contributed by atoms with Crippen LogP contribution in [0.5, 0.6) is 0 Å². The number of hydrogen-bond acceptors (Lipinski definition) is 4. The lowest BCUT2D eigenvalue weighted by Gasteiger charge is -2.25. The molecule has 1 unspecified atom stereocenters. The molecule has 1 aromatic heterocycles. The maximum Gasteiger partial charge on any atom is 0.234 e. The van der Waals surface area contributed by atoms with Gasteiger partial charge in [-0.1, -0.05) is 6.92 Å². The smallest absolute Gasteiger partial charge is 0.234 e. The molecule has 0 spiro atoms. The maximum atomic E-state index is 11.7. The molecule has 1 amide bonds. The molecule has 0 saturated carbocycles. The molecule has 0 aliphatic heterocycles. The van der Waals surface area contributed by atoms with Crippen molar-refractivity contribution in [1.29, 1.82) is 0 Å². The molecule has 102 valence electrons. The predicted octanol–water partition coefficient (Wildman–Crippen LogP) is -0.122. The van der Waals surface area contributed by atoms with Gasteiger partial charge in [-0.2, -0.15) is 5.10 Å². The fourth-order valence-corrected chi connectivity index (χ4v) is 1.84. The van der Waals surface area contributed by atoms with Crippen molar-refractivity contribution in [2.45, 2.75) is 19.4 Å². The molecule has 0 saturated heterocycles. The van der Waals surface area contributed by atoms with Crippen molar-refractivity contribution in [3.63, 3.8) is 0 Å². The van der Waals surface area contributed by atoms with Crippen LogP contribution >= 0.6 is 0 Å². The summed E-state index contributed by atoms with van der Waals surface area (Å²) in [6.45, 7) is 3.55. The third-order valence-corrected chi connectivity index (χ3v) is 2.83. The fourth-order valence-electron chi connectivity index (χ4n) is 1.84. The number of rotatable bonds is 7. The van der Waals surface area contributed by atoms with Crippen LogP contribution in [-0.2, 0) is 11.8 Å². The fraction of sp³-hybridized carbons (Fsp3) is 0.667. The molecule has 1 atom stereocenters. The summed E-state index contributed by atoms with van der Waals surface area (Å²) in [6.07, 6.45) is 4.66. The summed E-state index contributed by atoms with van der Waals surface area (Å²) >= 11 is 0. The molecule has 1 aromatic rings. The minimum atomic E-state index is 0.0195. The second kappa shape index (κ2) is 7.13. The second-order valence-corrected chi connectivity index (χ2v) is 4.46. The van der Waals surface area contributed by atoms with E-state index in [1.807, 2.05) is 32.1 Å². The molecule has 0 aliphatic carbocycles. The summed E-state index contributed by atoms with van der Waals surface area (Å²) in [5.74, 6) is 0.0293. The molecule has 1 heterocycles. The van der Waals surface area contributed by atoms with E-state index >= 15 is 0 Å². The Hall–Kier alpha value is -1.40. The van der Waals surface area contributed by atoms with Gasteiger partial charge in [0.1, 0.15) is 0 Å². The Morgan fingerprint density at radius 1 is 1.67 bits per heavy atom. The van der Waals surface area contributed by atoms with E-state index in [4.69, 9.17) is 5.73 Å². The van der Waals surface area contributed by atoms with Crippen LogP contribution in [0.25, 0.3) is 0 Å². The SMILES string of the molecule is CCCNC(=O)CN(C)C(CN)c1cnn(C)c1. The van der Waals surface area contributed by atoms with Crippen LogP contribution < -0.4 is 11.1 Å². The predicted molar refractivity (Wildman–Crippen MR) is 70.9 cm³/mol. The minimum absolute atomic E-state index is 0.0195. The number of aromatic nitrogens is 2. The van der Waals surface area contributed by atoms with Crippen LogP contribution in [0.15, 0.2) is 12.4 Å². The first kappa shape index (κ1) is 14.7. The summed E-state index contributed by atoms with van der Waals surface area (Å²) in [6, 6.07) is 0.0195. The third kappa shape index (κ3) is 4.12. The molecule has 0 fully saturated rings. The summed E-state index contributed by atoms with van der Waals surface area (Å²) in [5, 5.41) is 6.99. The van der Waals surface area contributed by atoms with Crippen LogP contribution in [0.4, 0.5) is 0 Å². The van der Waals surface area contributed by atoms with Crippen molar-refractivity contribution in [3.8, 4) is 0 Å². The molecule has 6 heteroatoms. The first-order valence-corrected chi connectivity index (χ1v) is 6.24. The third-order valence-electron chi connectivity index (χ3n) is 2.83. The van der Waals surface area contributed by atoms with Crippen LogP contribution in [0.3, 0.4) is 0 Å². The normalized spacial score (nSPS) is 12.7. The molecule has 0 bridgehead atoms. The van der Waals surface area contributed by atoms with Crippen molar-refractivity contribution in [2.75, 3.05) is 26.7 Å². The zero-order valence-electron chi connectivity index (χ0n) is 11.4. The second-order valence-electron chi connectivity index (χ2n) is 4.46. The number of amides is 1. The largest absolute Gasteiger partial charge is 0.355 e. The van der Waals surface area contributed by atoms with E-state index in [1.54, 1.807) is 10.9 Å². The molecule has 0 radical (unpaired) electrons. The molecular formula is C12H23N5O. The summed E-state index contributed by atoms with van der Waals surface area (Å²) in [7, 11) is 3.76. The average Bonchev–Trinajstić information content (AvgIpc) is 2.74. The highest BCUT2D eigenvalue weighted by atomic mass is 16.2. The van der Waals surface area contributed by atoms with Gasteiger partial charge in [-0.3, -0.25) is 14.4 Å². The molecule has 0 aromatic carbocycles. The Balaban J connectivity index is 2.57. The van der Waals surface area contributed by atoms with Crippen LogP contribution in [0.2, 0.25) is 0 Å². The van der Waals surface area contributed by atoms with Gasteiger partial charge in [0.25, 0.3) is 0 Å². The first-order valence-electron chi connectivity index (χ1n) is 6.24. The molecule has 3 N–H and O–H groups in total. The Kier molecular flexibility index (Phi) is 5.80. The van der Waals surface area contributed by atoms with Gasteiger partial charge in [0, 0.05) is 31.9 Å². The van der Waals surface area contributed by atoms with E-state index in [2.05, 4.69) is 10.4 Å². The van der Waals surface area contributed by atoms with Crippen molar-refractivity contribution >= 4 is 5.91 Å². The van der Waals surface area contributed by atoms with Gasteiger partial charge in [0.15, 0.2) is 0 Å². The Morgan fingerprint density at radius 3 is 2.89 bits per heavy atom. The number of hydrogen-bond donors (Lipinski definition) is 2. The zero-order chi connectivity index (χ0) is 13.5. The average molecular weight is 253 g/mol. The highest BCUT2D eigenvalue weighted by Gasteiger charge is 2.18. The highest BCUT2D eigenvalue weighted by molar-refractivity contribution is 5.78. The molecule has 6 nitrogen and oxygen atoms in total. The van der Waals surface area contributed by atoms with Crippen LogP contribution in [0.1, 0.15) is 24.9 Å².